The zero-order chi connectivity index (χ0) is 11.9. The molecule has 0 aliphatic heterocycles. The van der Waals surface area contributed by atoms with Gasteiger partial charge in [-0.25, -0.2) is 14.6 Å². The van der Waals surface area contributed by atoms with Crippen LogP contribution >= 0.6 is 12.6 Å². The first-order valence-corrected chi connectivity index (χ1v) is 5.27. The summed E-state index contributed by atoms with van der Waals surface area (Å²) < 4.78 is 1.37. The molecule has 0 aliphatic carbocycles. The summed E-state index contributed by atoms with van der Waals surface area (Å²) in [6, 6.07) is 1.51. The molecule has 0 aromatic carbocycles. The Balaban J connectivity index is 2.73. The van der Waals surface area contributed by atoms with E-state index in [0.717, 1.165) is 11.4 Å². The summed E-state index contributed by atoms with van der Waals surface area (Å²) in [5, 5.41) is 2.92. The molecule has 0 saturated carbocycles. The van der Waals surface area contributed by atoms with Gasteiger partial charge < -0.3 is 0 Å². The highest BCUT2D eigenvalue weighted by Crippen LogP contribution is 2.17. The molecule has 2 aromatic rings. The summed E-state index contributed by atoms with van der Waals surface area (Å²) in [6.07, 6.45) is 0. The lowest BCUT2D eigenvalue weighted by atomic mass is 10.4. The Morgan fingerprint density at radius 2 is 2.00 bits per heavy atom. The summed E-state index contributed by atoms with van der Waals surface area (Å²) in [4.78, 5) is 20.7. The van der Waals surface area contributed by atoms with E-state index in [1.54, 1.807) is 6.92 Å². The maximum Gasteiger partial charge on any atom is 0.272 e. The standard InChI is InChI=1S/C10H12N4OS/c1-5-4-8(15)14(13-5)10-9(16)6(2)11-7(3)12-10/h4,13,16H,1-3H3. The van der Waals surface area contributed by atoms with Crippen LogP contribution in [0.15, 0.2) is 15.8 Å². The second kappa shape index (κ2) is 3.79. The van der Waals surface area contributed by atoms with Crippen molar-refractivity contribution >= 4 is 12.6 Å². The molecule has 0 spiro atoms. The van der Waals surface area contributed by atoms with Gasteiger partial charge in [-0.2, -0.15) is 0 Å². The Morgan fingerprint density at radius 1 is 1.31 bits per heavy atom. The fourth-order valence-electron chi connectivity index (χ4n) is 1.52. The van der Waals surface area contributed by atoms with Gasteiger partial charge >= 0.3 is 0 Å². The second-order valence-electron chi connectivity index (χ2n) is 3.64. The Kier molecular flexibility index (Phi) is 2.59. The number of nitrogens with one attached hydrogen (secondary N) is 1. The van der Waals surface area contributed by atoms with E-state index in [0.29, 0.717) is 16.5 Å². The first-order chi connectivity index (χ1) is 7.49. The molecule has 2 aromatic heterocycles. The van der Waals surface area contributed by atoms with Crippen molar-refractivity contribution in [3.8, 4) is 5.82 Å². The van der Waals surface area contributed by atoms with Crippen LogP contribution in [0.3, 0.4) is 0 Å². The van der Waals surface area contributed by atoms with Gasteiger partial charge in [-0.15, -0.1) is 12.6 Å². The fourth-order valence-corrected chi connectivity index (χ4v) is 1.72. The number of nitrogens with zero attached hydrogens (tertiary/aromatic N) is 3. The van der Waals surface area contributed by atoms with E-state index in [-0.39, 0.29) is 5.56 Å². The normalized spacial score (nSPS) is 10.8. The Labute approximate surface area is 97.9 Å². The smallest absolute Gasteiger partial charge is 0.272 e. The number of hydrogen-bond donors (Lipinski definition) is 2. The van der Waals surface area contributed by atoms with Crippen LogP contribution in [0.2, 0.25) is 0 Å². The van der Waals surface area contributed by atoms with Crippen LogP contribution in [-0.4, -0.2) is 19.7 Å². The molecule has 0 radical (unpaired) electrons. The SMILES string of the molecule is Cc1nc(C)c(S)c(-n2[nH]c(C)cc2=O)n1. The number of aryl methyl sites for hydroxylation is 3. The van der Waals surface area contributed by atoms with Crippen LogP contribution in [0.5, 0.6) is 0 Å². The third kappa shape index (κ3) is 1.76. The van der Waals surface area contributed by atoms with Crippen molar-refractivity contribution in [1.29, 1.82) is 0 Å². The van der Waals surface area contributed by atoms with Crippen molar-refractivity contribution in [2.75, 3.05) is 0 Å². The van der Waals surface area contributed by atoms with Gasteiger partial charge in [0.2, 0.25) is 0 Å². The molecular weight excluding hydrogens is 224 g/mol. The fraction of sp³-hybridized carbons (Fsp3) is 0.300. The monoisotopic (exact) mass is 236 g/mol. The molecule has 0 aliphatic rings. The number of H-pyrrole nitrogens is 1. The molecule has 0 saturated heterocycles. The largest absolute Gasteiger partial charge is 0.294 e. The molecular formula is C10H12N4OS. The molecule has 1 N–H and O–H groups in total. The summed E-state index contributed by atoms with van der Waals surface area (Å²) in [5.41, 5.74) is 1.39. The highest BCUT2D eigenvalue weighted by atomic mass is 32.1. The summed E-state index contributed by atoms with van der Waals surface area (Å²) in [7, 11) is 0. The molecule has 0 amide bonds. The van der Waals surface area contributed by atoms with Gasteiger partial charge in [0.15, 0.2) is 5.82 Å². The van der Waals surface area contributed by atoms with E-state index in [1.807, 2.05) is 13.8 Å². The lowest BCUT2D eigenvalue weighted by molar-refractivity contribution is 0.764. The van der Waals surface area contributed by atoms with E-state index < -0.39 is 0 Å². The molecule has 2 rings (SSSR count). The number of hydrogen-bond acceptors (Lipinski definition) is 4. The van der Waals surface area contributed by atoms with Crippen molar-refractivity contribution in [3.63, 3.8) is 0 Å². The summed E-state index contributed by atoms with van der Waals surface area (Å²) in [5.74, 6) is 1.11. The van der Waals surface area contributed by atoms with Crippen molar-refractivity contribution in [3.05, 3.63) is 33.6 Å². The van der Waals surface area contributed by atoms with E-state index in [2.05, 4.69) is 27.7 Å². The highest BCUT2D eigenvalue weighted by Gasteiger charge is 2.11. The van der Waals surface area contributed by atoms with Gasteiger partial charge in [0, 0.05) is 11.8 Å². The molecule has 5 nitrogen and oxygen atoms in total. The van der Waals surface area contributed by atoms with Crippen molar-refractivity contribution < 1.29 is 0 Å². The third-order valence-corrected chi connectivity index (χ3v) is 2.74. The van der Waals surface area contributed by atoms with Crippen LogP contribution < -0.4 is 5.56 Å². The number of thiol groups is 1. The second-order valence-corrected chi connectivity index (χ2v) is 4.09. The van der Waals surface area contributed by atoms with Gasteiger partial charge in [-0.1, -0.05) is 0 Å². The third-order valence-electron chi connectivity index (χ3n) is 2.21. The highest BCUT2D eigenvalue weighted by molar-refractivity contribution is 7.80. The molecule has 16 heavy (non-hydrogen) atoms. The molecule has 2 heterocycles. The number of aromatic amines is 1. The van der Waals surface area contributed by atoms with Gasteiger partial charge in [0.05, 0.1) is 10.6 Å². The van der Waals surface area contributed by atoms with Crippen molar-refractivity contribution in [2.24, 2.45) is 0 Å². The Bertz CT molecular complexity index is 599. The van der Waals surface area contributed by atoms with E-state index in [9.17, 15) is 4.79 Å². The lowest BCUT2D eigenvalue weighted by Gasteiger charge is -2.07. The minimum atomic E-state index is -0.148. The van der Waals surface area contributed by atoms with Crippen LogP contribution in [0.4, 0.5) is 0 Å². The summed E-state index contributed by atoms with van der Waals surface area (Å²) >= 11 is 4.32. The van der Waals surface area contributed by atoms with Crippen LogP contribution in [0.25, 0.3) is 5.82 Å². The molecule has 6 heteroatoms. The Hall–Kier alpha value is -1.56. The van der Waals surface area contributed by atoms with Crippen LogP contribution in [0, 0.1) is 20.8 Å². The zero-order valence-corrected chi connectivity index (χ0v) is 10.2. The molecule has 0 bridgehead atoms. The molecule has 0 fully saturated rings. The average Bonchev–Trinajstić information content (AvgIpc) is 2.51. The van der Waals surface area contributed by atoms with E-state index in [4.69, 9.17) is 0 Å². The van der Waals surface area contributed by atoms with Gasteiger partial charge in [-0.05, 0) is 20.8 Å². The first-order valence-electron chi connectivity index (χ1n) is 4.82. The minimum Gasteiger partial charge on any atom is -0.294 e. The van der Waals surface area contributed by atoms with Crippen LogP contribution in [-0.2, 0) is 0 Å². The lowest BCUT2D eigenvalue weighted by Crippen LogP contribution is -2.17. The van der Waals surface area contributed by atoms with Gasteiger partial charge in [-0.3, -0.25) is 9.89 Å². The van der Waals surface area contributed by atoms with Gasteiger partial charge in [0.25, 0.3) is 5.56 Å². The van der Waals surface area contributed by atoms with Crippen molar-refractivity contribution in [1.82, 2.24) is 19.7 Å². The predicted molar refractivity (Wildman–Crippen MR) is 63.4 cm³/mol. The van der Waals surface area contributed by atoms with Gasteiger partial charge in [0.1, 0.15) is 5.82 Å². The molecule has 0 atom stereocenters. The maximum absolute atomic E-state index is 11.7. The zero-order valence-electron chi connectivity index (χ0n) is 9.27. The molecule has 0 unspecified atom stereocenters. The number of aromatic nitrogens is 4. The quantitative estimate of drug-likeness (QED) is 0.731. The average molecular weight is 236 g/mol. The Morgan fingerprint density at radius 3 is 2.56 bits per heavy atom. The topological polar surface area (TPSA) is 63.6 Å². The summed E-state index contributed by atoms with van der Waals surface area (Å²) in [6.45, 7) is 5.43. The van der Waals surface area contributed by atoms with Crippen LogP contribution in [0.1, 0.15) is 17.2 Å². The van der Waals surface area contributed by atoms with E-state index >= 15 is 0 Å². The number of rotatable bonds is 1. The molecule has 84 valence electrons. The van der Waals surface area contributed by atoms with Crippen molar-refractivity contribution in [2.45, 2.75) is 25.7 Å². The maximum atomic E-state index is 11.7. The minimum absolute atomic E-state index is 0.148. The first kappa shape index (κ1) is 10.9. The van der Waals surface area contributed by atoms with E-state index in [1.165, 1.54) is 10.7 Å². The predicted octanol–water partition coefficient (Wildman–Crippen LogP) is 1.17.